The van der Waals surface area contributed by atoms with E-state index in [1.54, 1.807) is 29.2 Å². The lowest BCUT2D eigenvalue weighted by atomic mass is 9.92. The van der Waals surface area contributed by atoms with E-state index in [2.05, 4.69) is 18.6 Å². The normalized spacial score (nSPS) is 15.7. The van der Waals surface area contributed by atoms with Crippen LogP contribution in [0.3, 0.4) is 0 Å². The first-order chi connectivity index (χ1) is 14.9. The van der Waals surface area contributed by atoms with Crippen molar-refractivity contribution in [2.45, 2.75) is 45.9 Å². The number of Topliss-reactive ketones (excluding diaryl/α,β-unsaturated/α-hetero) is 1. The Bertz CT molecular complexity index is 1140. The van der Waals surface area contributed by atoms with Crippen molar-refractivity contribution in [2.24, 2.45) is 11.3 Å². The average molecular weight is 459 g/mol. The number of ketones is 1. The quantitative estimate of drug-likeness (QED) is 0.617. The Balaban J connectivity index is 1.94. The van der Waals surface area contributed by atoms with Gasteiger partial charge in [0.2, 0.25) is 5.91 Å². The molecule has 1 aliphatic heterocycles. The molecule has 8 heteroatoms. The molecule has 1 N–H and O–H groups in total. The zero-order chi connectivity index (χ0) is 23.7. The van der Waals surface area contributed by atoms with Gasteiger partial charge >= 0.3 is 0 Å². The Morgan fingerprint density at radius 2 is 1.91 bits per heavy atom. The summed E-state index contributed by atoms with van der Waals surface area (Å²) in [6.45, 7) is 10.0. The maximum absolute atomic E-state index is 13.1. The monoisotopic (exact) mass is 458 g/mol. The van der Waals surface area contributed by atoms with Gasteiger partial charge in [0.1, 0.15) is 12.4 Å². The van der Waals surface area contributed by atoms with Gasteiger partial charge in [-0.05, 0) is 57.4 Å². The summed E-state index contributed by atoms with van der Waals surface area (Å²) >= 11 is 0. The SMILES string of the molecule is CC(=O)c1cccc(S(=O)(=O)Nc2ccc3c(c2)OCC(C)(C)C(=O)N3CCC(C)C)c1. The van der Waals surface area contributed by atoms with E-state index in [4.69, 9.17) is 4.74 Å². The Morgan fingerprint density at radius 1 is 1.19 bits per heavy atom. The minimum Gasteiger partial charge on any atom is -0.490 e. The number of ether oxygens (including phenoxy) is 1. The van der Waals surface area contributed by atoms with Crippen LogP contribution in [-0.2, 0) is 14.8 Å². The van der Waals surface area contributed by atoms with Gasteiger partial charge in [-0.1, -0.05) is 26.0 Å². The first-order valence-corrected chi connectivity index (χ1v) is 12.1. The first-order valence-electron chi connectivity index (χ1n) is 10.6. The number of fused-ring (bicyclic) bond motifs is 1. The fourth-order valence-corrected chi connectivity index (χ4v) is 4.51. The molecule has 0 aliphatic carbocycles. The van der Waals surface area contributed by atoms with E-state index in [1.165, 1.54) is 25.1 Å². The number of benzene rings is 2. The molecule has 3 rings (SSSR count). The molecule has 0 saturated carbocycles. The third-order valence-corrected chi connectivity index (χ3v) is 6.78. The van der Waals surface area contributed by atoms with Crippen LogP contribution in [0, 0.1) is 11.3 Å². The number of nitrogens with zero attached hydrogens (tertiary/aromatic N) is 1. The van der Waals surface area contributed by atoms with Gasteiger partial charge in [-0.2, -0.15) is 0 Å². The molecule has 2 aromatic carbocycles. The lowest BCUT2D eigenvalue weighted by Gasteiger charge is -2.28. The van der Waals surface area contributed by atoms with Crippen LogP contribution in [0.1, 0.15) is 51.4 Å². The number of hydrogen-bond donors (Lipinski definition) is 1. The highest BCUT2D eigenvalue weighted by Gasteiger charge is 2.37. The fourth-order valence-electron chi connectivity index (χ4n) is 3.42. The van der Waals surface area contributed by atoms with Crippen LogP contribution in [-0.4, -0.2) is 33.3 Å². The second kappa shape index (κ2) is 8.94. The van der Waals surface area contributed by atoms with Crippen molar-refractivity contribution < 1.29 is 22.7 Å². The fraction of sp³-hybridized carbons (Fsp3) is 0.417. The zero-order valence-corrected chi connectivity index (χ0v) is 20.0. The van der Waals surface area contributed by atoms with E-state index in [-0.39, 0.29) is 23.2 Å². The molecule has 2 aromatic rings. The predicted octanol–water partition coefficient (Wildman–Crippen LogP) is 4.49. The summed E-state index contributed by atoms with van der Waals surface area (Å²) in [6.07, 6.45) is 0.835. The van der Waals surface area contributed by atoms with E-state index < -0.39 is 15.4 Å². The van der Waals surface area contributed by atoms with Crippen LogP contribution in [0.5, 0.6) is 5.75 Å². The molecule has 0 saturated heterocycles. The Kier molecular flexibility index (Phi) is 6.64. The van der Waals surface area contributed by atoms with E-state index in [0.717, 1.165) is 6.42 Å². The van der Waals surface area contributed by atoms with Crippen molar-refractivity contribution in [3.05, 3.63) is 48.0 Å². The summed E-state index contributed by atoms with van der Waals surface area (Å²) in [6, 6.07) is 10.8. The molecule has 0 fully saturated rings. The number of anilines is 2. The minimum atomic E-state index is -3.91. The van der Waals surface area contributed by atoms with E-state index >= 15 is 0 Å². The van der Waals surface area contributed by atoms with Crippen molar-refractivity contribution in [3.8, 4) is 5.75 Å². The highest BCUT2D eigenvalue weighted by molar-refractivity contribution is 7.92. The molecule has 0 bridgehead atoms. The highest BCUT2D eigenvalue weighted by atomic mass is 32.2. The molecule has 1 aliphatic rings. The zero-order valence-electron chi connectivity index (χ0n) is 19.1. The smallest absolute Gasteiger partial charge is 0.261 e. The van der Waals surface area contributed by atoms with Gasteiger partial charge < -0.3 is 9.64 Å². The standard InChI is InChI=1S/C24H30N2O5S/c1-16(2)11-12-26-21-10-9-19(14-22(21)31-15-24(4,5)23(26)28)25-32(29,30)20-8-6-7-18(13-20)17(3)27/h6-10,13-14,16,25H,11-12,15H2,1-5H3. The lowest BCUT2D eigenvalue weighted by Crippen LogP contribution is -2.42. The molecule has 0 aromatic heterocycles. The van der Waals surface area contributed by atoms with Crippen molar-refractivity contribution in [2.75, 3.05) is 22.8 Å². The van der Waals surface area contributed by atoms with Crippen LogP contribution in [0.15, 0.2) is 47.4 Å². The molecule has 1 heterocycles. The molecule has 1 amide bonds. The molecular formula is C24H30N2O5S. The van der Waals surface area contributed by atoms with Crippen LogP contribution in [0.4, 0.5) is 11.4 Å². The molecule has 0 atom stereocenters. The highest BCUT2D eigenvalue weighted by Crippen LogP contribution is 2.39. The van der Waals surface area contributed by atoms with Crippen LogP contribution >= 0.6 is 0 Å². The Morgan fingerprint density at radius 3 is 2.56 bits per heavy atom. The van der Waals surface area contributed by atoms with Gasteiger partial charge in [0.25, 0.3) is 10.0 Å². The van der Waals surface area contributed by atoms with Gasteiger partial charge in [-0.3, -0.25) is 14.3 Å². The van der Waals surface area contributed by atoms with Crippen LogP contribution in [0.25, 0.3) is 0 Å². The van der Waals surface area contributed by atoms with Crippen molar-refractivity contribution in [3.63, 3.8) is 0 Å². The molecule has 0 spiro atoms. The summed E-state index contributed by atoms with van der Waals surface area (Å²) < 4.78 is 34.2. The Hall–Kier alpha value is -2.87. The van der Waals surface area contributed by atoms with Crippen LogP contribution in [0.2, 0.25) is 0 Å². The maximum atomic E-state index is 13.1. The molecule has 7 nitrogen and oxygen atoms in total. The maximum Gasteiger partial charge on any atom is 0.261 e. The molecule has 0 radical (unpaired) electrons. The van der Waals surface area contributed by atoms with Crippen LogP contribution < -0.4 is 14.4 Å². The summed E-state index contributed by atoms with van der Waals surface area (Å²) in [7, 11) is -3.91. The van der Waals surface area contributed by atoms with Crippen molar-refractivity contribution in [1.82, 2.24) is 0 Å². The second-order valence-electron chi connectivity index (χ2n) is 9.18. The minimum absolute atomic E-state index is 0.00377. The molecular weight excluding hydrogens is 428 g/mol. The van der Waals surface area contributed by atoms with Gasteiger partial charge in [0.05, 0.1) is 21.7 Å². The average Bonchev–Trinajstić information content (AvgIpc) is 2.81. The van der Waals surface area contributed by atoms with E-state index in [1.807, 2.05) is 13.8 Å². The third kappa shape index (κ3) is 5.12. The van der Waals surface area contributed by atoms with Crippen molar-refractivity contribution in [1.29, 1.82) is 0 Å². The molecule has 172 valence electrons. The van der Waals surface area contributed by atoms with E-state index in [9.17, 15) is 18.0 Å². The number of carbonyl (C=O) groups excluding carboxylic acids is 2. The summed E-state index contributed by atoms with van der Waals surface area (Å²) in [5, 5.41) is 0. The van der Waals surface area contributed by atoms with Gasteiger partial charge in [-0.25, -0.2) is 8.42 Å². The lowest BCUT2D eigenvalue weighted by molar-refractivity contribution is -0.127. The third-order valence-electron chi connectivity index (χ3n) is 5.40. The van der Waals surface area contributed by atoms with Gasteiger partial charge in [0, 0.05) is 18.2 Å². The number of carbonyl (C=O) groups is 2. The number of hydrogen-bond acceptors (Lipinski definition) is 5. The van der Waals surface area contributed by atoms with E-state index in [0.29, 0.717) is 35.2 Å². The summed E-state index contributed by atoms with van der Waals surface area (Å²) in [4.78, 5) is 26.5. The number of sulfonamides is 1. The molecule has 0 unspecified atom stereocenters. The first kappa shape index (κ1) is 23.8. The number of amides is 1. The van der Waals surface area contributed by atoms with Gasteiger partial charge in [-0.15, -0.1) is 0 Å². The Labute approximate surface area is 189 Å². The number of nitrogens with one attached hydrogen (secondary N) is 1. The molecule has 32 heavy (non-hydrogen) atoms. The van der Waals surface area contributed by atoms with Crippen molar-refractivity contribution >= 4 is 33.1 Å². The van der Waals surface area contributed by atoms with Gasteiger partial charge in [0.15, 0.2) is 5.78 Å². The summed E-state index contributed by atoms with van der Waals surface area (Å²) in [5.74, 6) is 0.640. The largest absolute Gasteiger partial charge is 0.490 e. The summed E-state index contributed by atoms with van der Waals surface area (Å²) in [5.41, 5.74) is 0.554. The number of rotatable bonds is 7. The predicted molar refractivity (Wildman–Crippen MR) is 125 cm³/mol. The second-order valence-corrected chi connectivity index (χ2v) is 10.9. The topological polar surface area (TPSA) is 92.8 Å².